The average molecular weight is 407 g/mol. The first-order valence-corrected chi connectivity index (χ1v) is 10.4. The third kappa shape index (κ3) is 4.54. The number of methoxy groups -OCH3 is 1. The molecule has 1 amide bonds. The molecule has 2 aromatic carbocycles. The van der Waals surface area contributed by atoms with Crippen molar-refractivity contribution in [2.75, 3.05) is 12.9 Å². The van der Waals surface area contributed by atoms with Gasteiger partial charge >= 0.3 is 0 Å². The van der Waals surface area contributed by atoms with Gasteiger partial charge in [0.15, 0.2) is 11.5 Å². The zero-order chi connectivity index (χ0) is 20.1. The normalized spacial score (nSPS) is 16.1. The summed E-state index contributed by atoms with van der Waals surface area (Å²) in [6.07, 6.45) is 1.75. The predicted molar refractivity (Wildman–Crippen MR) is 114 cm³/mol. The average Bonchev–Trinajstić information content (AvgIpc) is 3.13. The van der Waals surface area contributed by atoms with Crippen LogP contribution in [0.25, 0.3) is 0 Å². The molecule has 148 valence electrons. The van der Waals surface area contributed by atoms with Crippen LogP contribution in [-0.2, 0) is 17.9 Å². The first-order chi connectivity index (χ1) is 14.2. The molecule has 0 saturated carbocycles. The van der Waals surface area contributed by atoms with Crippen LogP contribution < -0.4 is 9.47 Å². The molecule has 1 fully saturated rings. The van der Waals surface area contributed by atoms with Crippen molar-refractivity contribution in [3.63, 3.8) is 0 Å². The Labute approximate surface area is 174 Å². The topological polar surface area (TPSA) is 51.7 Å². The second-order valence-corrected chi connectivity index (χ2v) is 7.76. The third-order valence-electron chi connectivity index (χ3n) is 4.74. The molecule has 0 aliphatic carbocycles. The summed E-state index contributed by atoms with van der Waals surface area (Å²) in [5, 5.41) is -0.0680. The Morgan fingerprint density at radius 1 is 1.07 bits per heavy atom. The molecule has 0 N–H and O–H groups in total. The van der Waals surface area contributed by atoms with E-state index in [0.717, 1.165) is 16.8 Å². The van der Waals surface area contributed by atoms with Gasteiger partial charge in [-0.1, -0.05) is 42.5 Å². The third-order valence-corrected chi connectivity index (χ3v) is 5.99. The van der Waals surface area contributed by atoms with Gasteiger partial charge in [0.1, 0.15) is 12.0 Å². The van der Waals surface area contributed by atoms with Crippen molar-refractivity contribution < 1.29 is 14.3 Å². The van der Waals surface area contributed by atoms with Gasteiger partial charge in [-0.05, 0) is 35.4 Å². The molecule has 0 bridgehead atoms. The number of carbonyl (C=O) groups excluding carboxylic acids is 1. The molecule has 1 unspecified atom stereocenters. The SMILES string of the molecule is COc1cc(C2SCC(=O)N2Cc2ccccn2)ccc1OCc1ccccc1. The smallest absolute Gasteiger partial charge is 0.234 e. The quantitative estimate of drug-likeness (QED) is 0.580. The van der Waals surface area contributed by atoms with E-state index in [1.54, 1.807) is 25.1 Å². The number of aromatic nitrogens is 1. The van der Waals surface area contributed by atoms with E-state index in [1.807, 2.05) is 71.6 Å². The minimum atomic E-state index is -0.0680. The highest BCUT2D eigenvalue weighted by Gasteiger charge is 2.33. The summed E-state index contributed by atoms with van der Waals surface area (Å²) in [5.41, 5.74) is 2.99. The molecule has 29 heavy (non-hydrogen) atoms. The predicted octanol–water partition coefficient (Wildman–Crippen LogP) is 4.44. The Balaban J connectivity index is 1.52. The Hall–Kier alpha value is -2.99. The summed E-state index contributed by atoms with van der Waals surface area (Å²) in [4.78, 5) is 18.7. The maximum absolute atomic E-state index is 12.5. The van der Waals surface area contributed by atoms with Gasteiger partial charge in [0.25, 0.3) is 0 Å². The van der Waals surface area contributed by atoms with Crippen LogP contribution in [0.2, 0.25) is 0 Å². The molecule has 3 aromatic rings. The van der Waals surface area contributed by atoms with Crippen LogP contribution in [0.1, 0.15) is 22.2 Å². The Morgan fingerprint density at radius 3 is 2.66 bits per heavy atom. The molecule has 0 spiro atoms. The Bertz CT molecular complexity index is 966. The van der Waals surface area contributed by atoms with Crippen molar-refractivity contribution in [1.82, 2.24) is 9.88 Å². The van der Waals surface area contributed by atoms with Gasteiger partial charge in [0, 0.05) is 6.20 Å². The first-order valence-electron chi connectivity index (χ1n) is 9.40. The highest BCUT2D eigenvalue weighted by atomic mass is 32.2. The van der Waals surface area contributed by atoms with Gasteiger partial charge in [0.2, 0.25) is 5.91 Å². The second kappa shape index (κ2) is 9.01. The summed E-state index contributed by atoms with van der Waals surface area (Å²) in [5.74, 6) is 1.93. The highest BCUT2D eigenvalue weighted by Crippen LogP contribution is 2.42. The van der Waals surface area contributed by atoms with Gasteiger partial charge in [-0.15, -0.1) is 11.8 Å². The number of pyridine rings is 1. The lowest BCUT2D eigenvalue weighted by Crippen LogP contribution is -2.28. The number of benzene rings is 2. The molecule has 1 atom stereocenters. The van der Waals surface area contributed by atoms with Crippen molar-refractivity contribution in [3.8, 4) is 11.5 Å². The summed E-state index contributed by atoms with van der Waals surface area (Å²) in [7, 11) is 1.63. The second-order valence-electron chi connectivity index (χ2n) is 6.69. The maximum atomic E-state index is 12.5. The van der Waals surface area contributed by atoms with Crippen molar-refractivity contribution in [3.05, 3.63) is 89.7 Å². The molecule has 2 heterocycles. The van der Waals surface area contributed by atoms with E-state index in [-0.39, 0.29) is 11.3 Å². The molecule has 1 aliphatic rings. The van der Waals surface area contributed by atoms with E-state index in [1.165, 1.54) is 0 Å². The molecular weight excluding hydrogens is 384 g/mol. The number of carbonyl (C=O) groups is 1. The number of nitrogens with zero attached hydrogens (tertiary/aromatic N) is 2. The fourth-order valence-electron chi connectivity index (χ4n) is 3.26. The monoisotopic (exact) mass is 406 g/mol. The molecule has 6 heteroatoms. The zero-order valence-electron chi connectivity index (χ0n) is 16.2. The van der Waals surface area contributed by atoms with E-state index in [9.17, 15) is 4.79 Å². The van der Waals surface area contributed by atoms with Gasteiger partial charge in [-0.25, -0.2) is 0 Å². The number of amides is 1. The number of rotatable bonds is 7. The molecular formula is C23H22N2O3S. The standard InChI is InChI=1S/C23H22N2O3S/c1-27-21-13-18(10-11-20(21)28-15-17-7-3-2-4-8-17)23-25(22(26)16-29-23)14-19-9-5-6-12-24-19/h2-13,23H,14-16H2,1H3. The van der Waals surface area contributed by atoms with E-state index >= 15 is 0 Å². The summed E-state index contributed by atoms with van der Waals surface area (Å²) in [6.45, 7) is 0.963. The van der Waals surface area contributed by atoms with Crippen molar-refractivity contribution in [2.24, 2.45) is 0 Å². The summed E-state index contributed by atoms with van der Waals surface area (Å²) in [6, 6.07) is 21.6. The number of ether oxygens (including phenoxy) is 2. The van der Waals surface area contributed by atoms with Gasteiger partial charge in [-0.2, -0.15) is 0 Å². The lowest BCUT2D eigenvalue weighted by Gasteiger charge is -2.24. The number of thioether (sulfide) groups is 1. The van der Waals surface area contributed by atoms with Gasteiger partial charge in [-0.3, -0.25) is 9.78 Å². The Morgan fingerprint density at radius 2 is 1.90 bits per heavy atom. The zero-order valence-corrected chi connectivity index (χ0v) is 17.0. The lowest BCUT2D eigenvalue weighted by molar-refractivity contribution is -0.128. The molecule has 4 rings (SSSR count). The first kappa shape index (κ1) is 19.3. The van der Waals surface area contributed by atoms with Gasteiger partial charge in [0.05, 0.1) is 25.1 Å². The summed E-state index contributed by atoms with van der Waals surface area (Å²) >= 11 is 1.62. The fraction of sp³-hybridized carbons (Fsp3) is 0.217. The lowest BCUT2D eigenvalue weighted by atomic mass is 10.1. The van der Waals surface area contributed by atoms with Crippen LogP contribution in [0.15, 0.2) is 72.9 Å². The van der Waals surface area contributed by atoms with Crippen LogP contribution in [0.4, 0.5) is 0 Å². The maximum Gasteiger partial charge on any atom is 0.234 e. The van der Waals surface area contributed by atoms with Crippen LogP contribution in [0, 0.1) is 0 Å². The molecule has 1 aromatic heterocycles. The largest absolute Gasteiger partial charge is 0.493 e. The number of hydrogen-bond acceptors (Lipinski definition) is 5. The Kier molecular flexibility index (Phi) is 6.00. The fourth-order valence-corrected chi connectivity index (χ4v) is 4.44. The van der Waals surface area contributed by atoms with Crippen LogP contribution in [-0.4, -0.2) is 28.7 Å². The van der Waals surface area contributed by atoms with E-state index in [0.29, 0.717) is 30.4 Å². The van der Waals surface area contributed by atoms with E-state index in [4.69, 9.17) is 9.47 Å². The molecule has 1 aliphatic heterocycles. The summed E-state index contributed by atoms with van der Waals surface area (Å²) < 4.78 is 11.5. The highest BCUT2D eigenvalue weighted by molar-refractivity contribution is 8.00. The van der Waals surface area contributed by atoms with Crippen LogP contribution in [0.5, 0.6) is 11.5 Å². The number of hydrogen-bond donors (Lipinski definition) is 0. The minimum Gasteiger partial charge on any atom is -0.493 e. The van der Waals surface area contributed by atoms with Crippen molar-refractivity contribution >= 4 is 17.7 Å². The van der Waals surface area contributed by atoms with Crippen molar-refractivity contribution in [1.29, 1.82) is 0 Å². The molecule has 0 radical (unpaired) electrons. The van der Waals surface area contributed by atoms with Crippen LogP contribution >= 0.6 is 11.8 Å². The van der Waals surface area contributed by atoms with E-state index < -0.39 is 0 Å². The molecule has 5 nitrogen and oxygen atoms in total. The molecule has 1 saturated heterocycles. The van der Waals surface area contributed by atoms with E-state index in [2.05, 4.69) is 4.98 Å². The van der Waals surface area contributed by atoms with Gasteiger partial charge < -0.3 is 14.4 Å². The van der Waals surface area contributed by atoms with Crippen LogP contribution in [0.3, 0.4) is 0 Å². The van der Waals surface area contributed by atoms with Crippen molar-refractivity contribution in [2.45, 2.75) is 18.5 Å². The minimum absolute atomic E-state index is 0.0680.